The van der Waals surface area contributed by atoms with Gasteiger partial charge in [-0.3, -0.25) is 9.59 Å². The van der Waals surface area contributed by atoms with E-state index < -0.39 is 0 Å². The number of para-hydroxylation sites is 1. The molecule has 34 heavy (non-hydrogen) atoms. The first-order valence-electron chi connectivity index (χ1n) is 11.2. The third-order valence-corrected chi connectivity index (χ3v) is 5.05. The number of hydrogen-bond acceptors (Lipinski definition) is 5. The average Bonchev–Trinajstić information content (AvgIpc) is 2.84. The van der Waals surface area contributed by atoms with Crippen molar-refractivity contribution in [3.05, 3.63) is 90.5 Å². The van der Waals surface area contributed by atoms with E-state index in [4.69, 9.17) is 21.7 Å². The molecule has 3 aromatic rings. The maximum atomic E-state index is 12.1. The molecule has 0 bridgehead atoms. The van der Waals surface area contributed by atoms with Gasteiger partial charge < -0.3 is 20.1 Å². The molecule has 0 spiro atoms. The molecule has 6 nitrogen and oxygen atoms in total. The molecule has 0 saturated carbocycles. The Morgan fingerprint density at radius 3 is 2.12 bits per heavy atom. The van der Waals surface area contributed by atoms with Crippen LogP contribution in [-0.2, 0) is 20.7 Å². The largest absolute Gasteiger partial charge is 0.466 e. The molecule has 0 atom stereocenters. The second-order valence-electron chi connectivity index (χ2n) is 7.60. The van der Waals surface area contributed by atoms with Gasteiger partial charge in [-0.25, -0.2) is 0 Å². The summed E-state index contributed by atoms with van der Waals surface area (Å²) in [5.41, 5.74) is 1.95. The van der Waals surface area contributed by atoms with E-state index in [1.807, 2.05) is 72.8 Å². The minimum Gasteiger partial charge on any atom is -0.466 e. The van der Waals surface area contributed by atoms with Crippen LogP contribution in [0.25, 0.3) is 0 Å². The Morgan fingerprint density at radius 2 is 1.41 bits per heavy atom. The lowest BCUT2D eigenvalue weighted by Crippen LogP contribution is -2.34. The summed E-state index contributed by atoms with van der Waals surface area (Å²) in [5.74, 6) is 0.901. The van der Waals surface area contributed by atoms with Gasteiger partial charge in [-0.15, -0.1) is 0 Å². The van der Waals surface area contributed by atoms with E-state index in [0.717, 1.165) is 24.3 Å². The van der Waals surface area contributed by atoms with Crippen molar-refractivity contribution in [2.75, 3.05) is 11.9 Å². The Balaban J connectivity index is 1.27. The molecule has 0 radical (unpaired) electrons. The molecule has 0 aliphatic rings. The van der Waals surface area contributed by atoms with Crippen molar-refractivity contribution in [2.45, 2.75) is 32.1 Å². The van der Waals surface area contributed by atoms with Gasteiger partial charge in [-0.2, -0.15) is 0 Å². The van der Waals surface area contributed by atoms with E-state index in [1.165, 1.54) is 5.56 Å². The van der Waals surface area contributed by atoms with Gasteiger partial charge in [-0.1, -0.05) is 48.5 Å². The van der Waals surface area contributed by atoms with Crippen molar-refractivity contribution in [1.82, 2.24) is 5.32 Å². The number of rotatable bonds is 11. The first-order valence-corrected chi connectivity index (χ1v) is 11.6. The molecule has 0 unspecified atom stereocenters. The molecule has 2 N–H and O–H groups in total. The van der Waals surface area contributed by atoms with Crippen LogP contribution in [0.3, 0.4) is 0 Å². The van der Waals surface area contributed by atoms with Crippen LogP contribution >= 0.6 is 12.2 Å². The molecule has 0 saturated heterocycles. The van der Waals surface area contributed by atoms with Crippen LogP contribution in [0.4, 0.5) is 5.69 Å². The molecular formula is C27H28N2O4S. The van der Waals surface area contributed by atoms with Crippen LogP contribution < -0.4 is 15.4 Å². The van der Waals surface area contributed by atoms with E-state index in [0.29, 0.717) is 18.8 Å². The number of anilines is 1. The number of carbonyl (C=O) groups is 2. The maximum absolute atomic E-state index is 12.1. The number of nitrogens with one attached hydrogen (secondary N) is 2. The minimum absolute atomic E-state index is 0.185. The summed E-state index contributed by atoms with van der Waals surface area (Å²) >= 11 is 5.20. The van der Waals surface area contributed by atoms with Crippen LogP contribution in [0.1, 0.15) is 31.2 Å². The van der Waals surface area contributed by atoms with E-state index in [2.05, 4.69) is 22.8 Å². The van der Waals surface area contributed by atoms with Crippen molar-refractivity contribution in [3.8, 4) is 11.5 Å². The number of benzene rings is 3. The Hall–Kier alpha value is -3.71. The van der Waals surface area contributed by atoms with E-state index in [-0.39, 0.29) is 29.8 Å². The van der Waals surface area contributed by atoms with Gasteiger partial charge in [0.25, 0.3) is 0 Å². The first kappa shape index (κ1) is 24.9. The third-order valence-electron chi connectivity index (χ3n) is 4.84. The highest BCUT2D eigenvalue weighted by molar-refractivity contribution is 7.80. The fourth-order valence-corrected chi connectivity index (χ4v) is 3.39. The number of aryl methyl sites for hydroxylation is 1. The average molecular weight is 477 g/mol. The predicted octanol–water partition coefficient (Wildman–Crippen LogP) is 5.64. The molecule has 176 valence electrons. The highest BCUT2D eigenvalue weighted by Gasteiger charge is 2.08. The first-order chi connectivity index (χ1) is 16.6. The van der Waals surface area contributed by atoms with Gasteiger partial charge in [-0.05, 0) is 73.4 Å². The van der Waals surface area contributed by atoms with Crippen LogP contribution in [0, 0.1) is 0 Å². The van der Waals surface area contributed by atoms with Crippen molar-refractivity contribution in [3.63, 3.8) is 0 Å². The zero-order valence-corrected chi connectivity index (χ0v) is 19.7. The highest BCUT2D eigenvalue weighted by atomic mass is 32.1. The van der Waals surface area contributed by atoms with E-state index in [1.54, 1.807) is 0 Å². The molecule has 0 aliphatic heterocycles. The summed E-state index contributed by atoms with van der Waals surface area (Å²) in [6.45, 7) is 0.378. The second kappa shape index (κ2) is 13.7. The zero-order valence-electron chi connectivity index (χ0n) is 18.9. The summed E-state index contributed by atoms with van der Waals surface area (Å²) in [5, 5.41) is 5.79. The molecule has 0 fully saturated rings. The number of ether oxygens (including phenoxy) is 2. The number of carbonyl (C=O) groups excluding carboxylic acids is 2. The van der Waals surface area contributed by atoms with Gasteiger partial charge in [0.1, 0.15) is 11.5 Å². The fraction of sp³-hybridized carbons (Fsp3) is 0.222. The van der Waals surface area contributed by atoms with Gasteiger partial charge in [0.05, 0.1) is 6.61 Å². The number of esters is 1. The summed E-state index contributed by atoms with van der Waals surface area (Å²) in [6, 6.07) is 26.8. The van der Waals surface area contributed by atoms with E-state index in [9.17, 15) is 9.59 Å². The zero-order chi connectivity index (χ0) is 24.0. The number of hydrogen-bond donors (Lipinski definition) is 2. The molecule has 0 heterocycles. The van der Waals surface area contributed by atoms with Crippen LogP contribution in [-0.4, -0.2) is 23.6 Å². The Bertz CT molecular complexity index is 1060. The summed E-state index contributed by atoms with van der Waals surface area (Å²) in [4.78, 5) is 23.9. The number of amides is 1. The molecular weight excluding hydrogens is 448 g/mol. The molecule has 1 amide bonds. The lowest BCUT2D eigenvalue weighted by Gasteiger charge is -2.11. The van der Waals surface area contributed by atoms with Crippen LogP contribution in [0.15, 0.2) is 84.9 Å². The summed E-state index contributed by atoms with van der Waals surface area (Å²) in [6.07, 6.45) is 2.42. The standard InChI is InChI=1S/C27H28N2O4S/c30-25(14-7-15-26(31)32-20-8-11-21-9-3-1-4-10-21)29-27(34)28-22-16-18-24(19-17-22)33-23-12-5-2-6-13-23/h1-6,9-10,12-13,16-19H,7-8,11,14-15,20H2,(H2,28,29,30,34). The van der Waals surface area contributed by atoms with Crippen molar-refractivity contribution >= 4 is 34.9 Å². The minimum atomic E-state index is -0.292. The van der Waals surface area contributed by atoms with Gasteiger partial charge >= 0.3 is 5.97 Å². The van der Waals surface area contributed by atoms with E-state index >= 15 is 0 Å². The Morgan fingerprint density at radius 1 is 0.765 bits per heavy atom. The maximum Gasteiger partial charge on any atom is 0.305 e. The highest BCUT2D eigenvalue weighted by Crippen LogP contribution is 2.22. The summed E-state index contributed by atoms with van der Waals surface area (Å²) < 4.78 is 11.0. The lowest BCUT2D eigenvalue weighted by atomic mass is 10.1. The van der Waals surface area contributed by atoms with Crippen molar-refractivity contribution in [1.29, 1.82) is 0 Å². The lowest BCUT2D eigenvalue weighted by molar-refractivity contribution is -0.143. The van der Waals surface area contributed by atoms with Gasteiger partial charge in [0, 0.05) is 18.5 Å². The SMILES string of the molecule is O=C(CCCC(=O)OCCCc1ccccc1)NC(=S)Nc1ccc(Oc2ccccc2)cc1. The van der Waals surface area contributed by atoms with Crippen LogP contribution in [0.2, 0.25) is 0 Å². The van der Waals surface area contributed by atoms with Gasteiger partial charge in [0.2, 0.25) is 5.91 Å². The Labute approximate surface area is 205 Å². The fourth-order valence-electron chi connectivity index (χ4n) is 3.15. The third kappa shape index (κ3) is 9.42. The summed E-state index contributed by atoms with van der Waals surface area (Å²) in [7, 11) is 0. The monoisotopic (exact) mass is 476 g/mol. The quantitative estimate of drug-likeness (QED) is 0.212. The van der Waals surface area contributed by atoms with Crippen molar-refractivity contribution < 1.29 is 19.1 Å². The molecule has 7 heteroatoms. The van der Waals surface area contributed by atoms with Gasteiger partial charge in [0.15, 0.2) is 5.11 Å². The number of thiocarbonyl (C=S) groups is 1. The molecule has 3 aromatic carbocycles. The smallest absolute Gasteiger partial charge is 0.305 e. The van der Waals surface area contributed by atoms with Crippen LogP contribution in [0.5, 0.6) is 11.5 Å². The second-order valence-corrected chi connectivity index (χ2v) is 8.01. The molecule has 0 aromatic heterocycles. The normalized spacial score (nSPS) is 10.2. The molecule has 3 rings (SSSR count). The van der Waals surface area contributed by atoms with Crippen molar-refractivity contribution in [2.24, 2.45) is 0 Å². The topological polar surface area (TPSA) is 76.7 Å². The predicted molar refractivity (Wildman–Crippen MR) is 137 cm³/mol. The Kier molecular flexibility index (Phi) is 10.1. The molecule has 0 aliphatic carbocycles.